The molecule has 8 heteroatoms. The Morgan fingerprint density at radius 1 is 1.38 bits per heavy atom. The summed E-state index contributed by atoms with van der Waals surface area (Å²) in [7, 11) is 1.75. The monoisotopic (exact) mass is 331 g/mol. The van der Waals surface area contributed by atoms with Crippen LogP contribution in [0.5, 0.6) is 0 Å². The van der Waals surface area contributed by atoms with Crippen molar-refractivity contribution in [3.63, 3.8) is 0 Å². The molecule has 0 radical (unpaired) electrons. The van der Waals surface area contributed by atoms with Gasteiger partial charge in [-0.2, -0.15) is 10.4 Å². The zero-order valence-electron chi connectivity index (χ0n) is 12.9. The average Bonchev–Trinajstić information content (AvgIpc) is 3.12. The van der Waals surface area contributed by atoms with Gasteiger partial charge in [-0.25, -0.2) is 8.78 Å². The number of aromatic nitrogens is 2. The maximum absolute atomic E-state index is 14.2. The molecule has 2 N–H and O–H groups in total. The summed E-state index contributed by atoms with van der Waals surface area (Å²) in [6, 6.07) is 3.67. The third-order valence-corrected chi connectivity index (χ3v) is 4.30. The van der Waals surface area contributed by atoms with Crippen LogP contribution in [0.25, 0.3) is 0 Å². The van der Waals surface area contributed by atoms with Crippen molar-refractivity contribution in [1.29, 1.82) is 5.26 Å². The van der Waals surface area contributed by atoms with Crippen LogP contribution in [0.2, 0.25) is 0 Å². The van der Waals surface area contributed by atoms with Crippen LogP contribution < -0.4 is 10.6 Å². The number of anilines is 1. The van der Waals surface area contributed by atoms with Gasteiger partial charge in [0.15, 0.2) is 11.6 Å². The van der Waals surface area contributed by atoms with Gasteiger partial charge in [-0.05, 0) is 17.7 Å². The average molecular weight is 331 g/mol. The Morgan fingerprint density at radius 3 is 2.54 bits per heavy atom. The fourth-order valence-corrected chi connectivity index (χ4v) is 3.18. The number of amides is 1. The Balaban J connectivity index is 1.97. The topological polar surface area (TPSA) is 87.9 Å². The minimum atomic E-state index is -0.832. The quantitative estimate of drug-likeness (QED) is 0.917. The molecule has 124 valence electrons. The van der Waals surface area contributed by atoms with Gasteiger partial charge in [0.05, 0.1) is 23.7 Å². The van der Waals surface area contributed by atoms with Crippen molar-refractivity contribution in [2.24, 2.45) is 18.7 Å². The number of hydrogen-bond donors (Lipinski definition) is 1. The van der Waals surface area contributed by atoms with Gasteiger partial charge in [-0.15, -0.1) is 0 Å². The molecule has 1 aliphatic heterocycles. The highest BCUT2D eigenvalue weighted by molar-refractivity contribution is 5.80. The van der Waals surface area contributed by atoms with Gasteiger partial charge < -0.3 is 10.6 Å². The molecule has 2 atom stereocenters. The molecule has 0 aliphatic carbocycles. The molecule has 0 saturated carbocycles. The fraction of sp³-hybridized carbons (Fsp3) is 0.312. The summed E-state index contributed by atoms with van der Waals surface area (Å²) in [5.74, 6) is -3.07. The lowest BCUT2D eigenvalue weighted by atomic mass is 9.90. The number of carbonyl (C=O) groups is 1. The van der Waals surface area contributed by atoms with Crippen molar-refractivity contribution < 1.29 is 13.6 Å². The summed E-state index contributed by atoms with van der Waals surface area (Å²) in [4.78, 5) is 13.2. The summed E-state index contributed by atoms with van der Waals surface area (Å²) in [6.07, 6.45) is 3.38. The van der Waals surface area contributed by atoms with E-state index in [9.17, 15) is 13.6 Å². The lowest BCUT2D eigenvalue weighted by molar-refractivity contribution is -0.121. The van der Waals surface area contributed by atoms with Crippen molar-refractivity contribution in [2.45, 2.75) is 5.92 Å². The Labute approximate surface area is 137 Å². The normalized spacial score (nSPS) is 20.2. The van der Waals surface area contributed by atoms with Crippen LogP contribution in [-0.4, -0.2) is 28.8 Å². The van der Waals surface area contributed by atoms with Gasteiger partial charge >= 0.3 is 0 Å². The molecule has 0 unspecified atom stereocenters. The Morgan fingerprint density at radius 2 is 2.04 bits per heavy atom. The largest absolute Gasteiger partial charge is 0.369 e. The van der Waals surface area contributed by atoms with Crippen molar-refractivity contribution in [2.75, 3.05) is 18.0 Å². The summed E-state index contributed by atoms with van der Waals surface area (Å²) in [5.41, 5.74) is 5.92. The van der Waals surface area contributed by atoms with Crippen LogP contribution >= 0.6 is 0 Å². The van der Waals surface area contributed by atoms with Gasteiger partial charge in [-0.1, -0.05) is 0 Å². The fourth-order valence-electron chi connectivity index (χ4n) is 3.18. The number of aryl methyl sites for hydroxylation is 1. The molecule has 1 fully saturated rings. The Kier molecular flexibility index (Phi) is 3.93. The molecular formula is C16H15F2N5O. The highest BCUT2D eigenvalue weighted by Crippen LogP contribution is 2.37. The molecule has 24 heavy (non-hydrogen) atoms. The van der Waals surface area contributed by atoms with Crippen LogP contribution in [0.1, 0.15) is 17.0 Å². The molecule has 1 aliphatic rings. The molecule has 1 amide bonds. The van der Waals surface area contributed by atoms with E-state index in [1.165, 1.54) is 4.90 Å². The van der Waals surface area contributed by atoms with Crippen LogP contribution in [0.3, 0.4) is 0 Å². The standard InChI is InChI=1S/C16H15F2N5O/c1-22-6-10(5-21-22)11-7-23(8-12(11)16(20)24)15-13(17)2-9(4-19)3-14(15)18/h2-3,5-6,11-12H,7-8H2,1H3,(H2,20,24)/t11-,12+/m1/s1. The second kappa shape index (κ2) is 5.92. The predicted octanol–water partition coefficient (Wildman–Crippen LogP) is 1.28. The number of benzene rings is 1. The van der Waals surface area contributed by atoms with Crippen molar-refractivity contribution >= 4 is 11.6 Å². The van der Waals surface area contributed by atoms with E-state index in [4.69, 9.17) is 11.0 Å². The van der Waals surface area contributed by atoms with Crippen LogP contribution in [0, 0.1) is 28.9 Å². The van der Waals surface area contributed by atoms with Crippen molar-refractivity contribution in [1.82, 2.24) is 9.78 Å². The summed E-state index contributed by atoms with van der Waals surface area (Å²) >= 11 is 0. The number of nitrogens with two attached hydrogens (primary N) is 1. The number of halogens is 2. The first-order valence-corrected chi connectivity index (χ1v) is 7.32. The van der Waals surface area contributed by atoms with E-state index in [0.717, 1.165) is 17.7 Å². The number of hydrogen-bond acceptors (Lipinski definition) is 4. The first-order chi connectivity index (χ1) is 11.4. The maximum atomic E-state index is 14.2. The summed E-state index contributed by atoms with van der Waals surface area (Å²) in [5, 5.41) is 12.9. The molecule has 2 aromatic rings. The number of primary amides is 1. The third kappa shape index (κ3) is 2.69. The molecule has 6 nitrogen and oxygen atoms in total. The summed E-state index contributed by atoms with van der Waals surface area (Å²) in [6.45, 7) is 0.341. The highest BCUT2D eigenvalue weighted by Gasteiger charge is 2.39. The SMILES string of the molecule is Cn1cc([C@H]2CN(c3c(F)cc(C#N)cc3F)C[C@@H]2C(N)=O)cn1. The smallest absolute Gasteiger partial charge is 0.223 e. The van der Waals surface area contributed by atoms with E-state index in [2.05, 4.69) is 5.10 Å². The van der Waals surface area contributed by atoms with Gasteiger partial charge in [0, 0.05) is 32.3 Å². The van der Waals surface area contributed by atoms with Gasteiger partial charge in [0.1, 0.15) is 5.69 Å². The molecule has 1 aromatic heterocycles. The Hall–Kier alpha value is -2.95. The predicted molar refractivity (Wildman–Crippen MR) is 81.9 cm³/mol. The van der Waals surface area contributed by atoms with E-state index >= 15 is 0 Å². The first-order valence-electron chi connectivity index (χ1n) is 7.32. The van der Waals surface area contributed by atoms with E-state index in [-0.39, 0.29) is 30.3 Å². The van der Waals surface area contributed by atoms with Crippen LogP contribution in [-0.2, 0) is 11.8 Å². The second-order valence-electron chi connectivity index (χ2n) is 5.87. The van der Waals surface area contributed by atoms with Crippen LogP contribution in [0.15, 0.2) is 24.5 Å². The lowest BCUT2D eigenvalue weighted by Gasteiger charge is -2.20. The number of nitrogens with zero attached hydrogens (tertiary/aromatic N) is 4. The summed E-state index contributed by atoms with van der Waals surface area (Å²) < 4.78 is 30.1. The molecule has 3 rings (SSSR count). The zero-order chi connectivity index (χ0) is 17.4. The molecule has 2 heterocycles. The number of rotatable bonds is 3. The molecule has 1 aromatic carbocycles. The number of nitriles is 1. The molecule has 1 saturated heterocycles. The van der Waals surface area contributed by atoms with E-state index < -0.39 is 23.5 Å². The van der Waals surface area contributed by atoms with Gasteiger partial charge in [0.25, 0.3) is 0 Å². The molecule has 0 spiro atoms. The third-order valence-electron chi connectivity index (χ3n) is 4.30. The lowest BCUT2D eigenvalue weighted by Crippen LogP contribution is -2.29. The molecular weight excluding hydrogens is 316 g/mol. The maximum Gasteiger partial charge on any atom is 0.223 e. The van der Waals surface area contributed by atoms with E-state index in [1.807, 2.05) is 0 Å². The number of carbonyl (C=O) groups excluding carboxylic acids is 1. The zero-order valence-corrected chi connectivity index (χ0v) is 12.9. The second-order valence-corrected chi connectivity index (χ2v) is 5.87. The van der Waals surface area contributed by atoms with E-state index in [0.29, 0.717) is 0 Å². The van der Waals surface area contributed by atoms with E-state index in [1.54, 1.807) is 30.2 Å². The minimum absolute atomic E-state index is 0.0943. The minimum Gasteiger partial charge on any atom is -0.369 e. The molecule has 0 bridgehead atoms. The van der Waals surface area contributed by atoms with Crippen LogP contribution in [0.4, 0.5) is 14.5 Å². The van der Waals surface area contributed by atoms with Crippen molar-refractivity contribution in [3.8, 4) is 6.07 Å². The first kappa shape index (κ1) is 15.9. The van der Waals surface area contributed by atoms with Crippen molar-refractivity contribution in [3.05, 3.63) is 47.3 Å². The van der Waals surface area contributed by atoms with Gasteiger partial charge in [0.2, 0.25) is 5.91 Å². The Bertz CT molecular complexity index is 818. The van der Waals surface area contributed by atoms with Gasteiger partial charge in [-0.3, -0.25) is 9.48 Å². The highest BCUT2D eigenvalue weighted by atomic mass is 19.1.